The summed E-state index contributed by atoms with van der Waals surface area (Å²) in [6, 6.07) is 4.81. The van der Waals surface area contributed by atoms with Gasteiger partial charge in [-0.25, -0.2) is 0 Å². The molecule has 0 aliphatic carbocycles. The number of hydrogen-bond donors (Lipinski definition) is 1. The molecule has 1 N–H and O–H groups in total. The molecule has 0 saturated heterocycles. The number of halogens is 2. The van der Waals surface area contributed by atoms with E-state index in [2.05, 4.69) is 15.5 Å². The monoisotopic (exact) mass is 331 g/mol. The van der Waals surface area contributed by atoms with Crippen molar-refractivity contribution in [1.29, 1.82) is 0 Å². The van der Waals surface area contributed by atoms with E-state index in [-0.39, 0.29) is 5.91 Å². The fourth-order valence-electron chi connectivity index (χ4n) is 1.37. The third-order valence-corrected chi connectivity index (χ3v) is 3.61. The second kappa shape index (κ2) is 6.39. The molecule has 1 aromatic carbocycles. The molecule has 20 heavy (non-hydrogen) atoms. The maximum atomic E-state index is 11.9. The molecule has 1 unspecified atom stereocenters. The first-order valence-corrected chi connectivity index (χ1v) is 7.25. The third-order valence-electron chi connectivity index (χ3n) is 2.32. The highest BCUT2D eigenvalue weighted by Gasteiger charge is 2.17. The van der Waals surface area contributed by atoms with Crippen LogP contribution in [0.1, 0.15) is 11.9 Å². The highest BCUT2D eigenvalue weighted by molar-refractivity contribution is 7.15. The average molecular weight is 332 g/mol. The fourth-order valence-corrected chi connectivity index (χ4v) is 2.42. The zero-order valence-corrected chi connectivity index (χ0v) is 13.0. The summed E-state index contributed by atoms with van der Waals surface area (Å²) in [4.78, 5) is 11.9. The number of ether oxygens (including phenoxy) is 1. The molecule has 0 radical (unpaired) electrons. The Morgan fingerprint density at radius 1 is 1.40 bits per heavy atom. The topological polar surface area (TPSA) is 64.1 Å². The maximum Gasteiger partial charge on any atom is 0.266 e. The van der Waals surface area contributed by atoms with Gasteiger partial charge in [0, 0.05) is 5.02 Å². The second-order valence-electron chi connectivity index (χ2n) is 3.95. The van der Waals surface area contributed by atoms with E-state index in [1.165, 1.54) is 11.3 Å². The van der Waals surface area contributed by atoms with Crippen LogP contribution in [0, 0.1) is 6.92 Å². The zero-order chi connectivity index (χ0) is 14.7. The number of amides is 1. The molecule has 1 heterocycles. The molecule has 0 spiro atoms. The predicted molar refractivity (Wildman–Crippen MR) is 79.8 cm³/mol. The lowest BCUT2D eigenvalue weighted by Crippen LogP contribution is -2.30. The number of carbonyl (C=O) groups excluding carboxylic acids is 1. The molecule has 1 aromatic heterocycles. The van der Waals surface area contributed by atoms with Gasteiger partial charge in [-0.05, 0) is 32.0 Å². The Balaban J connectivity index is 2.00. The van der Waals surface area contributed by atoms with Crippen LogP contribution in [-0.2, 0) is 4.79 Å². The third kappa shape index (κ3) is 3.82. The Bertz CT molecular complexity index is 633. The smallest absolute Gasteiger partial charge is 0.266 e. The number of nitrogens with one attached hydrogen (secondary N) is 1. The summed E-state index contributed by atoms with van der Waals surface area (Å²) < 4.78 is 5.49. The Hall–Kier alpha value is -1.37. The number of anilines is 1. The van der Waals surface area contributed by atoms with E-state index in [1.807, 2.05) is 0 Å². The van der Waals surface area contributed by atoms with E-state index in [0.717, 1.165) is 5.01 Å². The number of benzene rings is 1. The van der Waals surface area contributed by atoms with E-state index in [1.54, 1.807) is 32.0 Å². The van der Waals surface area contributed by atoms with Gasteiger partial charge in [0.25, 0.3) is 5.91 Å². The van der Waals surface area contributed by atoms with Crippen molar-refractivity contribution < 1.29 is 9.53 Å². The normalized spacial score (nSPS) is 12.0. The van der Waals surface area contributed by atoms with E-state index < -0.39 is 6.10 Å². The Morgan fingerprint density at radius 3 is 2.75 bits per heavy atom. The van der Waals surface area contributed by atoms with Crippen molar-refractivity contribution >= 4 is 45.6 Å². The van der Waals surface area contributed by atoms with Crippen LogP contribution in [0.15, 0.2) is 18.2 Å². The molecule has 2 aromatic rings. The molecule has 2 rings (SSSR count). The van der Waals surface area contributed by atoms with Crippen molar-refractivity contribution in [2.24, 2.45) is 0 Å². The highest BCUT2D eigenvalue weighted by atomic mass is 35.5. The number of rotatable bonds is 4. The molecule has 8 heteroatoms. The SMILES string of the molecule is Cc1nnc(NC(=O)C(C)Oc2ccc(Cl)cc2Cl)s1. The van der Waals surface area contributed by atoms with Crippen molar-refractivity contribution in [1.82, 2.24) is 10.2 Å². The van der Waals surface area contributed by atoms with Crippen LogP contribution in [0.3, 0.4) is 0 Å². The van der Waals surface area contributed by atoms with Crippen molar-refractivity contribution in [3.63, 3.8) is 0 Å². The van der Waals surface area contributed by atoms with Gasteiger partial charge in [0.2, 0.25) is 5.13 Å². The van der Waals surface area contributed by atoms with Gasteiger partial charge >= 0.3 is 0 Å². The minimum Gasteiger partial charge on any atom is -0.479 e. The van der Waals surface area contributed by atoms with Crippen LogP contribution >= 0.6 is 34.5 Å². The molecule has 0 fully saturated rings. The number of nitrogens with zero attached hydrogens (tertiary/aromatic N) is 2. The van der Waals surface area contributed by atoms with E-state index in [0.29, 0.717) is 20.9 Å². The number of carbonyl (C=O) groups is 1. The molecule has 0 aliphatic heterocycles. The summed E-state index contributed by atoms with van der Waals surface area (Å²) >= 11 is 13.1. The van der Waals surface area contributed by atoms with Crippen molar-refractivity contribution in [2.45, 2.75) is 20.0 Å². The molecule has 0 aliphatic rings. The summed E-state index contributed by atoms with van der Waals surface area (Å²) in [6.45, 7) is 3.43. The Labute approximate surface area is 129 Å². The summed E-state index contributed by atoms with van der Waals surface area (Å²) in [6.07, 6.45) is -0.724. The lowest BCUT2D eigenvalue weighted by molar-refractivity contribution is -0.122. The summed E-state index contributed by atoms with van der Waals surface area (Å²) in [5.74, 6) is 0.0688. The van der Waals surface area contributed by atoms with Crippen molar-refractivity contribution in [3.8, 4) is 5.75 Å². The first-order chi connectivity index (χ1) is 9.45. The molecule has 5 nitrogen and oxygen atoms in total. The second-order valence-corrected chi connectivity index (χ2v) is 5.98. The molecular formula is C12H11Cl2N3O2S. The summed E-state index contributed by atoms with van der Waals surface area (Å²) in [5.41, 5.74) is 0. The standard InChI is InChI=1S/C12H11Cl2N3O2S/c1-6(11(18)15-12-17-16-7(2)20-12)19-10-4-3-8(13)5-9(10)14/h3-6H,1-2H3,(H,15,17,18). The van der Waals surface area contributed by atoms with Gasteiger partial charge in [-0.2, -0.15) is 0 Å². The van der Waals surface area contributed by atoms with Gasteiger partial charge in [-0.1, -0.05) is 34.5 Å². The number of aromatic nitrogens is 2. The van der Waals surface area contributed by atoms with Gasteiger partial charge in [0.05, 0.1) is 5.02 Å². The maximum absolute atomic E-state index is 11.9. The van der Waals surface area contributed by atoms with Crippen LogP contribution < -0.4 is 10.1 Å². The van der Waals surface area contributed by atoms with E-state index in [9.17, 15) is 4.79 Å². The van der Waals surface area contributed by atoms with Gasteiger partial charge in [0.15, 0.2) is 6.10 Å². The fraction of sp³-hybridized carbons (Fsp3) is 0.250. The largest absolute Gasteiger partial charge is 0.479 e. The minimum atomic E-state index is -0.724. The Morgan fingerprint density at radius 2 is 2.15 bits per heavy atom. The van der Waals surface area contributed by atoms with Crippen LogP contribution in [0.4, 0.5) is 5.13 Å². The molecule has 0 bridgehead atoms. The van der Waals surface area contributed by atoms with Gasteiger partial charge < -0.3 is 4.74 Å². The van der Waals surface area contributed by atoms with Gasteiger partial charge in [-0.3, -0.25) is 10.1 Å². The highest BCUT2D eigenvalue weighted by Crippen LogP contribution is 2.28. The van der Waals surface area contributed by atoms with E-state index in [4.69, 9.17) is 27.9 Å². The first kappa shape index (κ1) is 15.0. The molecular weight excluding hydrogens is 321 g/mol. The van der Waals surface area contributed by atoms with Gasteiger partial charge in [0.1, 0.15) is 10.8 Å². The molecule has 106 valence electrons. The lowest BCUT2D eigenvalue weighted by atomic mass is 10.3. The van der Waals surface area contributed by atoms with Crippen LogP contribution in [-0.4, -0.2) is 22.2 Å². The van der Waals surface area contributed by atoms with E-state index >= 15 is 0 Å². The van der Waals surface area contributed by atoms with Crippen molar-refractivity contribution in [3.05, 3.63) is 33.3 Å². The minimum absolute atomic E-state index is 0.327. The quantitative estimate of drug-likeness (QED) is 0.930. The van der Waals surface area contributed by atoms with Gasteiger partial charge in [-0.15, -0.1) is 10.2 Å². The number of aryl methyl sites for hydroxylation is 1. The summed E-state index contributed by atoms with van der Waals surface area (Å²) in [5, 5.41) is 12.3. The lowest BCUT2D eigenvalue weighted by Gasteiger charge is -2.14. The molecule has 1 atom stereocenters. The zero-order valence-electron chi connectivity index (χ0n) is 10.7. The van der Waals surface area contributed by atoms with Crippen LogP contribution in [0.2, 0.25) is 10.0 Å². The molecule has 0 saturated carbocycles. The molecule has 1 amide bonds. The van der Waals surface area contributed by atoms with Crippen molar-refractivity contribution in [2.75, 3.05) is 5.32 Å². The average Bonchev–Trinajstić information content (AvgIpc) is 2.78. The van der Waals surface area contributed by atoms with Crippen LogP contribution in [0.25, 0.3) is 0 Å². The Kier molecular flexibility index (Phi) is 4.80. The first-order valence-electron chi connectivity index (χ1n) is 5.68. The summed E-state index contributed by atoms with van der Waals surface area (Å²) in [7, 11) is 0. The predicted octanol–water partition coefficient (Wildman–Crippen LogP) is 3.56. The number of hydrogen-bond acceptors (Lipinski definition) is 5. The van der Waals surface area contributed by atoms with Crippen LogP contribution in [0.5, 0.6) is 5.75 Å².